The first kappa shape index (κ1) is 16.1. The molecule has 9 nitrogen and oxygen atoms in total. The van der Waals surface area contributed by atoms with Gasteiger partial charge >= 0.3 is 12.0 Å². The maximum absolute atomic E-state index is 12.2. The van der Waals surface area contributed by atoms with Crippen LogP contribution in [0.4, 0.5) is 4.79 Å². The van der Waals surface area contributed by atoms with E-state index in [-0.39, 0.29) is 11.1 Å². The number of carbonyl (C=O) groups excluding carboxylic acids is 3. The van der Waals surface area contributed by atoms with Crippen LogP contribution in [0.2, 0.25) is 0 Å². The highest BCUT2D eigenvalue weighted by Gasteiger charge is 2.23. The van der Waals surface area contributed by atoms with Gasteiger partial charge < -0.3 is 10.1 Å². The number of urea groups is 1. The van der Waals surface area contributed by atoms with E-state index in [1.165, 1.54) is 20.0 Å². The van der Waals surface area contributed by atoms with Gasteiger partial charge in [-0.2, -0.15) is 5.10 Å². The third kappa shape index (κ3) is 3.51. The fourth-order valence-electron chi connectivity index (χ4n) is 1.82. The Bertz CT molecular complexity index is 829. The van der Waals surface area contributed by atoms with Gasteiger partial charge in [-0.3, -0.25) is 14.9 Å². The average molecular weight is 318 g/mol. The van der Waals surface area contributed by atoms with Crippen molar-refractivity contribution in [3.05, 3.63) is 40.3 Å². The first-order valence-electron chi connectivity index (χ1n) is 6.65. The molecular weight excluding hydrogens is 304 g/mol. The topological polar surface area (TPSA) is 130 Å². The maximum atomic E-state index is 12.2. The zero-order valence-electron chi connectivity index (χ0n) is 12.4. The molecule has 3 N–H and O–H groups in total. The molecule has 0 saturated heterocycles. The summed E-state index contributed by atoms with van der Waals surface area (Å²) >= 11 is 0. The van der Waals surface area contributed by atoms with Gasteiger partial charge in [0.1, 0.15) is 0 Å². The summed E-state index contributed by atoms with van der Waals surface area (Å²) in [6.07, 6.45) is -1.22. The number of aromatic amines is 1. The number of nitrogens with one attached hydrogen (secondary N) is 3. The van der Waals surface area contributed by atoms with Crippen LogP contribution in [-0.2, 0) is 9.53 Å². The fraction of sp³-hybridized carbons (Fsp3) is 0.214. The van der Waals surface area contributed by atoms with E-state index >= 15 is 0 Å². The molecule has 0 aliphatic carbocycles. The fourth-order valence-corrected chi connectivity index (χ4v) is 1.82. The summed E-state index contributed by atoms with van der Waals surface area (Å²) in [5, 5.41) is 10.6. The number of rotatable bonds is 3. The lowest BCUT2D eigenvalue weighted by atomic mass is 10.1. The lowest BCUT2D eigenvalue weighted by Gasteiger charge is -2.12. The Hall–Kier alpha value is -3.23. The molecule has 0 bridgehead atoms. The molecule has 1 heterocycles. The van der Waals surface area contributed by atoms with E-state index in [1.807, 2.05) is 5.32 Å². The molecule has 0 fully saturated rings. The Morgan fingerprint density at radius 2 is 1.87 bits per heavy atom. The van der Waals surface area contributed by atoms with Gasteiger partial charge in [0.05, 0.1) is 5.39 Å². The van der Waals surface area contributed by atoms with E-state index in [1.54, 1.807) is 18.2 Å². The SMILES string of the molecule is CNC(=O)NC(=O)C(C)OC(=O)c1n[nH]c(=O)c2ccccc12. The molecule has 0 aliphatic rings. The molecule has 1 atom stereocenters. The average Bonchev–Trinajstić information content (AvgIpc) is 2.55. The van der Waals surface area contributed by atoms with Crippen molar-refractivity contribution in [2.75, 3.05) is 7.05 Å². The summed E-state index contributed by atoms with van der Waals surface area (Å²) in [4.78, 5) is 46.5. The number of fused-ring (bicyclic) bond motifs is 1. The van der Waals surface area contributed by atoms with Crippen LogP contribution in [0.5, 0.6) is 0 Å². The van der Waals surface area contributed by atoms with Crippen LogP contribution in [0.1, 0.15) is 17.4 Å². The summed E-state index contributed by atoms with van der Waals surface area (Å²) in [6, 6.07) is 5.65. The molecule has 1 aromatic carbocycles. The Morgan fingerprint density at radius 1 is 1.22 bits per heavy atom. The number of hydrogen-bond acceptors (Lipinski definition) is 6. The summed E-state index contributed by atoms with van der Waals surface area (Å²) < 4.78 is 4.98. The normalized spacial score (nSPS) is 11.6. The molecule has 120 valence electrons. The highest BCUT2D eigenvalue weighted by molar-refractivity contribution is 6.03. The predicted octanol–water partition coefficient (Wildman–Crippen LogP) is -0.0760. The Kier molecular flexibility index (Phi) is 4.69. The van der Waals surface area contributed by atoms with E-state index in [2.05, 4.69) is 15.5 Å². The molecular formula is C14H14N4O5. The number of H-pyrrole nitrogens is 1. The largest absolute Gasteiger partial charge is 0.448 e. The second-order valence-corrected chi connectivity index (χ2v) is 4.56. The molecule has 0 radical (unpaired) electrons. The summed E-state index contributed by atoms with van der Waals surface area (Å²) in [5.41, 5.74) is -0.567. The van der Waals surface area contributed by atoms with Crippen molar-refractivity contribution in [2.45, 2.75) is 13.0 Å². The zero-order chi connectivity index (χ0) is 17.0. The Morgan fingerprint density at radius 3 is 2.52 bits per heavy atom. The minimum absolute atomic E-state index is 0.125. The number of imide groups is 1. The Labute approximate surface area is 130 Å². The molecule has 1 aromatic heterocycles. The summed E-state index contributed by atoms with van der Waals surface area (Å²) in [7, 11) is 1.34. The van der Waals surface area contributed by atoms with Crippen molar-refractivity contribution < 1.29 is 19.1 Å². The molecule has 0 saturated carbocycles. The molecule has 3 amide bonds. The number of aromatic nitrogens is 2. The number of amides is 3. The van der Waals surface area contributed by atoms with Crippen LogP contribution in [0.15, 0.2) is 29.1 Å². The van der Waals surface area contributed by atoms with Crippen molar-refractivity contribution >= 4 is 28.7 Å². The van der Waals surface area contributed by atoms with Crippen molar-refractivity contribution in [1.82, 2.24) is 20.8 Å². The minimum Gasteiger partial charge on any atom is -0.448 e. The second kappa shape index (κ2) is 6.69. The number of benzene rings is 1. The molecule has 2 aromatic rings. The summed E-state index contributed by atoms with van der Waals surface area (Å²) in [6.45, 7) is 1.31. The van der Waals surface area contributed by atoms with Crippen LogP contribution in [0, 0.1) is 0 Å². The lowest BCUT2D eigenvalue weighted by Crippen LogP contribution is -2.43. The van der Waals surface area contributed by atoms with E-state index in [9.17, 15) is 19.2 Å². The minimum atomic E-state index is -1.22. The van der Waals surface area contributed by atoms with Gasteiger partial charge in [-0.05, 0) is 13.0 Å². The molecule has 0 aliphatic heterocycles. The number of ether oxygens (including phenoxy) is 1. The van der Waals surface area contributed by atoms with Crippen molar-refractivity contribution in [3.8, 4) is 0 Å². The zero-order valence-corrected chi connectivity index (χ0v) is 12.4. The van der Waals surface area contributed by atoms with Crippen LogP contribution < -0.4 is 16.2 Å². The van der Waals surface area contributed by atoms with Crippen molar-refractivity contribution in [2.24, 2.45) is 0 Å². The molecule has 9 heteroatoms. The van der Waals surface area contributed by atoms with Crippen LogP contribution in [0.25, 0.3) is 10.8 Å². The highest BCUT2D eigenvalue weighted by Crippen LogP contribution is 2.13. The smallest absolute Gasteiger partial charge is 0.360 e. The van der Waals surface area contributed by atoms with E-state index < -0.39 is 29.6 Å². The number of carbonyl (C=O) groups is 3. The van der Waals surface area contributed by atoms with E-state index in [0.717, 1.165) is 0 Å². The Balaban J connectivity index is 2.22. The molecule has 0 spiro atoms. The van der Waals surface area contributed by atoms with Gasteiger partial charge in [0, 0.05) is 12.4 Å². The van der Waals surface area contributed by atoms with Crippen molar-refractivity contribution in [3.63, 3.8) is 0 Å². The van der Waals surface area contributed by atoms with Gasteiger partial charge in [-0.25, -0.2) is 14.7 Å². The van der Waals surface area contributed by atoms with Gasteiger partial charge in [0.25, 0.3) is 11.5 Å². The van der Waals surface area contributed by atoms with Crippen LogP contribution in [-0.4, -0.2) is 41.3 Å². The van der Waals surface area contributed by atoms with Crippen LogP contribution >= 0.6 is 0 Å². The van der Waals surface area contributed by atoms with Gasteiger partial charge in [-0.1, -0.05) is 18.2 Å². The van der Waals surface area contributed by atoms with Crippen LogP contribution in [0.3, 0.4) is 0 Å². The van der Waals surface area contributed by atoms with Gasteiger partial charge in [0.2, 0.25) is 0 Å². The quantitative estimate of drug-likeness (QED) is 0.679. The number of esters is 1. The molecule has 23 heavy (non-hydrogen) atoms. The summed E-state index contributed by atoms with van der Waals surface area (Å²) in [5.74, 6) is -1.68. The first-order chi connectivity index (χ1) is 10.9. The highest BCUT2D eigenvalue weighted by atomic mass is 16.5. The lowest BCUT2D eigenvalue weighted by molar-refractivity contribution is -0.127. The third-order valence-corrected chi connectivity index (χ3v) is 3.01. The number of hydrogen-bond donors (Lipinski definition) is 3. The van der Waals surface area contributed by atoms with E-state index in [4.69, 9.17) is 4.74 Å². The monoisotopic (exact) mass is 318 g/mol. The maximum Gasteiger partial charge on any atom is 0.360 e. The third-order valence-electron chi connectivity index (χ3n) is 3.01. The number of nitrogens with zero attached hydrogens (tertiary/aromatic N) is 1. The second-order valence-electron chi connectivity index (χ2n) is 4.56. The van der Waals surface area contributed by atoms with Gasteiger partial charge in [0.15, 0.2) is 11.8 Å². The first-order valence-corrected chi connectivity index (χ1v) is 6.65. The molecule has 2 rings (SSSR count). The van der Waals surface area contributed by atoms with Crippen molar-refractivity contribution in [1.29, 1.82) is 0 Å². The predicted molar refractivity (Wildman–Crippen MR) is 79.8 cm³/mol. The van der Waals surface area contributed by atoms with E-state index in [0.29, 0.717) is 5.39 Å². The molecule has 1 unspecified atom stereocenters. The standard InChI is InChI=1S/C14H14N4O5/c1-7(11(19)16-14(22)15-2)23-13(21)10-8-5-3-4-6-9(8)12(20)18-17-10/h3-7H,1-2H3,(H,18,20)(H2,15,16,19,22). The van der Waals surface area contributed by atoms with Gasteiger partial charge in [-0.15, -0.1) is 0 Å².